The Morgan fingerprint density at radius 3 is 2.35 bits per heavy atom. The summed E-state index contributed by atoms with van der Waals surface area (Å²) < 4.78 is 0. The summed E-state index contributed by atoms with van der Waals surface area (Å²) in [6.07, 6.45) is 4.10. The molecule has 17 heavy (non-hydrogen) atoms. The lowest BCUT2D eigenvalue weighted by molar-refractivity contribution is -0.122. The molecule has 1 atom stereocenters. The van der Waals surface area contributed by atoms with Crippen molar-refractivity contribution < 1.29 is 9.90 Å². The van der Waals surface area contributed by atoms with Crippen LogP contribution in [-0.4, -0.2) is 36.8 Å². The Balaban J connectivity index is 3.44. The number of carbonyl (C=O) groups excluding carboxylic acids is 1. The van der Waals surface area contributed by atoms with Gasteiger partial charge in [0.05, 0.1) is 6.04 Å². The van der Waals surface area contributed by atoms with Crippen molar-refractivity contribution in [2.24, 2.45) is 5.92 Å². The van der Waals surface area contributed by atoms with E-state index in [9.17, 15) is 4.79 Å². The van der Waals surface area contributed by atoms with Crippen molar-refractivity contribution in [3.05, 3.63) is 0 Å². The summed E-state index contributed by atoms with van der Waals surface area (Å²) in [5, 5.41) is 14.7. The van der Waals surface area contributed by atoms with E-state index in [2.05, 4.69) is 24.5 Å². The molecule has 3 N–H and O–H groups in total. The highest BCUT2D eigenvalue weighted by molar-refractivity contribution is 5.81. The summed E-state index contributed by atoms with van der Waals surface area (Å²) in [6, 6.07) is -0.119. The molecule has 0 spiro atoms. The molecule has 1 unspecified atom stereocenters. The van der Waals surface area contributed by atoms with E-state index in [0.717, 1.165) is 38.8 Å². The predicted molar refractivity (Wildman–Crippen MR) is 70.9 cm³/mol. The Morgan fingerprint density at radius 1 is 1.12 bits per heavy atom. The molecular weight excluding hydrogens is 216 g/mol. The number of carbonyl (C=O) groups is 1. The lowest BCUT2D eigenvalue weighted by atomic mass is 10.2. The molecular formula is C13H28N2O2. The molecule has 0 fully saturated rings. The van der Waals surface area contributed by atoms with Gasteiger partial charge in [-0.3, -0.25) is 4.79 Å². The van der Waals surface area contributed by atoms with Crippen molar-refractivity contribution in [2.45, 2.75) is 52.5 Å². The lowest BCUT2D eigenvalue weighted by Crippen LogP contribution is -2.43. The highest BCUT2D eigenvalue weighted by Crippen LogP contribution is 1.98. The van der Waals surface area contributed by atoms with Crippen LogP contribution in [0.5, 0.6) is 0 Å². The minimum Gasteiger partial charge on any atom is -0.396 e. The maximum Gasteiger partial charge on any atom is 0.236 e. The van der Waals surface area contributed by atoms with Crippen LogP contribution in [0.3, 0.4) is 0 Å². The molecule has 0 radical (unpaired) electrons. The molecule has 0 aromatic rings. The van der Waals surface area contributed by atoms with Crippen LogP contribution >= 0.6 is 0 Å². The van der Waals surface area contributed by atoms with Crippen molar-refractivity contribution >= 4 is 5.91 Å². The summed E-state index contributed by atoms with van der Waals surface area (Å²) in [4.78, 5) is 11.6. The predicted octanol–water partition coefficient (Wildman–Crippen LogP) is 1.29. The molecule has 0 saturated carbocycles. The average Bonchev–Trinajstić information content (AvgIpc) is 2.30. The number of hydrogen-bond acceptors (Lipinski definition) is 3. The zero-order valence-electron chi connectivity index (χ0n) is 11.5. The van der Waals surface area contributed by atoms with Gasteiger partial charge in [-0.25, -0.2) is 0 Å². The van der Waals surface area contributed by atoms with Gasteiger partial charge in [-0.1, -0.05) is 26.7 Å². The second-order valence-electron chi connectivity index (χ2n) is 4.95. The summed E-state index contributed by atoms with van der Waals surface area (Å²) in [7, 11) is 0. The number of aliphatic hydroxyl groups excluding tert-OH is 1. The minimum absolute atomic E-state index is 0.0778. The molecule has 102 valence electrons. The third-order valence-corrected chi connectivity index (χ3v) is 2.61. The van der Waals surface area contributed by atoms with E-state index in [0.29, 0.717) is 5.92 Å². The Hall–Kier alpha value is -0.610. The number of hydrogen-bond donors (Lipinski definition) is 3. The van der Waals surface area contributed by atoms with Gasteiger partial charge in [0.15, 0.2) is 0 Å². The maximum atomic E-state index is 11.6. The van der Waals surface area contributed by atoms with Crippen LogP contribution in [0.1, 0.15) is 46.5 Å². The first-order valence-corrected chi connectivity index (χ1v) is 6.70. The summed E-state index contributed by atoms with van der Waals surface area (Å²) in [5.74, 6) is 0.568. The fourth-order valence-electron chi connectivity index (χ4n) is 1.46. The first kappa shape index (κ1) is 16.4. The van der Waals surface area contributed by atoms with Gasteiger partial charge in [0.2, 0.25) is 5.91 Å². The van der Waals surface area contributed by atoms with E-state index in [1.165, 1.54) is 0 Å². The number of rotatable bonds is 10. The number of unbranched alkanes of at least 4 members (excludes halogenated alkanes) is 3. The third kappa shape index (κ3) is 10.3. The fraction of sp³-hybridized carbons (Fsp3) is 0.923. The van der Waals surface area contributed by atoms with Crippen LogP contribution < -0.4 is 10.6 Å². The zero-order valence-corrected chi connectivity index (χ0v) is 11.5. The summed E-state index contributed by atoms with van der Waals surface area (Å²) in [5.41, 5.74) is 0. The Bertz CT molecular complexity index is 196. The Kier molecular flexibility index (Phi) is 10.2. The van der Waals surface area contributed by atoms with Gasteiger partial charge >= 0.3 is 0 Å². The van der Waals surface area contributed by atoms with Crippen molar-refractivity contribution in [1.82, 2.24) is 10.6 Å². The van der Waals surface area contributed by atoms with Crippen molar-refractivity contribution in [1.29, 1.82) is 0 Å². The monoisotopic (exact) mass is 244 g/mol. The number of aliphatic hydroxyl groups is 1. The van der Waals surface area contributed by atoms with Gasteiger partial charge in [0.1, 0.15) is 0 Å². The van der Waals surface area contributed by atoms with Gasteiger partial charge in [-0.15, -0.1) is 0 Å². The van der Waals surface area contributed by atoms with E-state index in [1.807, 2.05) is 6.92 Å². The maximum absolute atomic E-state index is 11.6. The first-order chi connectivity index (χ1) is 8.07. The largest absolute Gasteiger partial charge is 0.396 e. The molecule has 0 aliphatic heterocycles. The fourth-order valence-corrected chi connectivity index (χ4v) is 1.46. The van der Waals surface area contributed by atoms with Crippen LogP contribution in [0, 0.1) is 5.92 Å². The molecule has 0 saturated heterocycles. The molecule has 0 aliphatic rings. The van der Waals surface area contributed by atoms with E-state index in [1.54, 1.807) is 0 Å². The number of amides is 1. The van der Waals surface area contributed by atoms with Gasteiger partial charge in [-0.2, -0.15) is 0 Å². The molecule has 0 aliphatic carbocycles. The molecule has 1 amide bonds. The van der Waals surface area contributed by atoms with E-state index in [4.69, 9.17) is 5.11 Å². The Labute approximate surface area is 105 Å². The van der Waals surface area contributed by atoms with Crippen LogP contribution in [0.15, 0.2) is 0 Å². The van der Waals surface area contributed by atoms with Crippen molar-refractivity contribution in [3.8, 4) is 0 Å². The van der Waals surface area contributed by atoms with Crippen molar-refractivity contribution in [2.75, 3.05) is 19.7 Å². The highest BCUT2D eigenvalue weighted by Gasteiger charge is 2.11. The quantitative estimate of drug-likeness (QED) is 0.507. The van der Waals surface area contributed by atoms with Gasteiger partial charge in [-0.05, 0) is 32.2 Å². The second-order valence-corrected chi connectivity index (χ2v) is 4.95. The molecule has 0 aromatic heterocycles. The van der Waals surface area contributed by atoms with E-state index in [-0.39, 0.29) is 18.6 Å². The smallest absolute Gasteiger partial charge is 0.236 e. The minimum atomic E-state index is -0.119. The standard InChI is InChI=1S/C13H28N2O2/c1-11(2)10-15-13(17)12(3)14-8-6-4-5-7-9-16/h11-12,14,16H,4-10H2,1-3H3,(H,15,17). The molecule has 0 rings (SSSR count). The van der Waals surface area contributed by atoms with Gasteiger partial charge < -0.3 is 15.7 Å². The Morgan fingerprint density at radius 2 is 1.76 bits per heavy atom. The second kappa shape index (κ2) is 10.5. The molecule has 0 heterocycles. The SMILES string of the molecule is CC(C)CNC(=O)C(C)NCCCCCCO. The zero-order chi connectivity index (χ0) is 13.1. The average molecular weight is 244 g/mol. The van der Waals surface area contributed by atoms with Crippen molar-refractivity contribution in [3.63, 3.8) is 0 Å². The van der Waals surface area contributed by atoms with Crippen LogP contribution in [0.25, 0.3) is 0 Å². The van der Waals surface area contributed by atoms with Crippen LogP contribution in [-0.2, 0) is 4.79 Å². The third-order valence-electron chi connectivity index (χ3n) is 2.61. The molecule has 4 nitrogen and oxygen atoms in total. The first-order valence-electron chi connectivity index (χ1n) is 6.70. The highest BCUT2D eigenvalue weighted by atomic mass is 16.2. The number of nitrogens with one attached hydrogen (secondary N) is 2. The van der Waals surface area contributed by atoms with Gasteiger partial charge in [0, 0.05) is 13.2 Å². The summed E-state index contributed by atoms with van der Waals surface area (Å²) >= 11 is 0. The van der Waals surface area contributed by atoms with E-state index >= 15 is 0 Å². The van der Waals surface area contributed by atoms with Crippen LogP contribution in [0.2, 0.25) is 0 Å². The molecule has 0 bridgehead atoms. The van der Waals surface area contributed by atoms with Gasteiger partial charge in [0.25, 0.3) is 0 Å². The summed E-state index contributed by atoms with van der Waals surface area (Å²) in [6.45, 7) is 7.94. The molecule has 4 heteroatoms. The topological polar surface area (TPSA) is 61.4 Å². The lowest BCUT2D eigenvalue weighted by Gasteiger charge is -2.15. The van der Waals surface area contributed by atoms with E-state index < -0.39 is 0 Å². The normalized spacial score (nSPS) is 12.8. The van der Waals surface area contributed by atoms with Crippen LogP contribution in [0.4, 0.5) is 0 Å². The molecule has 0 aromatic carbocycles.